The molecule has 0 aliphatic heterocycles. The molecule has 0 aliphatic carbocycles. The van der Waals surface area contributed by atoms with Crippen LogP contribution in [-0.4, -0.2) is 21.5 Å². The average molecular weight is 568 g/mol. The first-order valence-electron chi connectivity index (χ1n) is 10.6. The highest BCUT2D eigenvalue weighted by Gasteiger charge is 2.38. The van der Waals surface area contributed by atoms with Crippen molar-refractivity contribution < 1.29 is 34.8 Å². The zero-order valence-electron chi connectivity index (χ0n) is 20.4. The molecule has 0 heterocycles. The summed E-state index contributed by atoms with van der Waals surface area (Å²) in [5.74, 6) is -0.493. The molecule has 2 aromatic carbocycles. The number of rotatable bonds is 6. The Balaban J connectivity index is 2.89. The van der Waals surface area contributed by atoms with Gasteiger partial charge in [0.2, 0.25) is 9.84 Å². The first kappa shape index (κ1) is 30.3. The van der Waals surface area contributed by atoms with Crippen molar-refractivity contribution >= 4 is 27.1 Å². The highest BCUT2D eigenvalue weighted by Crippen LogP contribution is 2.39. The third-order valence-corrected chi connectivity index (χ3v) is 7.62. The summed E-state index contributed by atoms with van der Waals surface area (Å²) in [5, 5.41) is 12.9. The number of hydrogen-bond acceptors (Lipinski definition) is 5. The molecule has 2 rings (SSSR count). The lowest BCUT2D eigenvalue weighted by atomic mass is 9.88. The molecule has 0 saturated heterocycles. The fourth-order valence-corrected chi connectivity index (χ4v) is 4.40. The molecule has 1 unspecified atom stereocenters. The highest BCUT2D eigenvalue weighted by molar-refractivity contribution is 7.95. The second-order valence-electron chi connectivity index (χ2n) is 9.30. The SMILES string of the molecule is CC(NC(=C(C#N)S(=O)(=O)c1ccc(Cl)cc1)N(C)c1cc(C(F)(F)F)cc(C(F)(F)F)c1)C(C)(C)C. The molecule has 1 atom stereocenters. The number of anilines is 1. The molecule has 13 heteroatoms. The first-order chi connectivity index (χ1) is 16.7. The number of alkyl halides is 6. The lowest BCUT2D eigenvalue weighted by Gasteiger charge is -2.34. The first-order valence-corrected chi connectivity index (χ1v) is 12.5. The fraction of sp³-hybridized carbons (Fsp3) is 0.375. The van der Waals surface area contributed by atoms with Gasteiger partial charge in [-0.1, -0.05) is 32.4 Å². The van der Waals surface area contributed by atoms with Crippen LogP contribution in [0.1, 0.15) is 38.8 Å². The minimum absolute atomic E-state index is 0.0401. The van der Waals surface area contributed by atoms with E-state index < -0.39 is 61.2 Å². The van der Waals surface area contributed by atoms with Crippen LogP contribution in [0.4, 0.5) is 32.0 Å². The van der Waals surface area contributed by atoms with Gasteiger partial charge in [0.05, 0.1) is 16.0 Å². The van der Waals surface area contributed by atoms with Crippen LogP contribution in [0.5, 0.6) is 0 Å². The topological polar surface area (TPSA) is 73.2 Å². The van der Waals surface area contributed by atoms with Gasteiger partial charge < -0.3 is 10.2 Å². The van der Waals surface area contributed by atoms with E-state index >= 15 is 0 Å². The van der Waals surface area contributed by atoms with Crippen LogP contribution in [0, 0.1) is 16.7 Å². The van der Waals surface area contributed by atoms with Crippen molar-refractivity contribution in [1.29, 1.82) is 5.26 Å². The number of nitrogens with zero attached hydrogens (tertiary/aromatic N) is 2. The number of allylic oxidation sites excluding steroid dienone is 1. The Bertz CT molecular complexity index is 1290. The normalized spacial score (nSPS) is 14.5. The molecular weight excluding hydrogens is 544 g/mol. The molecule has 0 fully saturated rings. The molecule has 0 aliphatic rings. The van der Waals surface area contributed by atoms with E-state index in [0.717, 1.165) is 24.1 Å². The van der Waals surface area contributed by atoms with E-state index in [9.17, 15) is 40.0 Å². The number of benzene rings is 2. The van der Waals surface area contributed by atoms with Gasteiger partial charge in [-0.3, -0.25) is 0 Å². The smallest absolute Gasteiger partial charge is 0.367 e. The molecule has 0 spiro atoms. The molecule has 0 bridgehead atoms. The Kier molecular flexibility index (Phi) is 8.57. The summed E-state index contributed by atoms with van der Waals surface area (Å²) in [6.07, 6.45) is -10.2. The molecule has 0 amide bonds. The molecule has 1 N–H and O–H groups in total. The van der Waals surface area contributed by atoms with Gasteiger partial charge in [-0.25, -0.2) is 8.42 Å². The van der Waals surface area contributed by atoms with Crippen LogP contribution in [0.15, 0.2) is 58.1 Å². The number of halogens is 7. The highest BCUT2D eigenvalue weighted by atomic mass is 35.5. The minimum atomic E-state index is -5.12. The average Bonchev–Trinajstić information content (AvgIpc) is 2.76. The van der Waals surface area contributed by atoms with Gasteiger partial charge >= 0.3 is 12.4 Å². The Morgan fingerprint density at radius 2 is 1.43 bits per heavy atom. The van der Waals surface area contributed by atoms with Crippen molar-refractivity contribution in [3.05, 3.63) is 69.3 Å². The van der Waals surface area contributed by atoms with Crippen molar-refractivity contribution in [2.45, 2.75) is 51.0 Å². The van der Waals surface area contributed by atoms with Crippen LogP contribution in [0.2, 0.25) is 5.02 Å². The van der Waals surface area contributed by atoms with E-state index in [1.807, 2.05) is 0 Å². The minimum Gasteiger partial charge on any atom is -0.367 e. The number of hydrogen-bond donors (Lipinski definition) is 1. The van der Waals surface area contributed by atoms with E-state index in [-0.39, 0.29) is 16.0 Å². The van der Waals surface area contributed by atoms with Gasteiger partial charge in [-0.2, -0.15) is 31.6 Å². The van der Waals surface area contributed by atoms with Crippen LogP contribution < -0.4 is 10.2 Å². The number of sulfone groups is 1. The van der Waals surface area contributed by atoms with Crippen LogP contribution >= 0.6 is 11.6 Å². The Morgan fingerprint density at radius 1 is 0.973 bits per heavy atom. The fourth-order valence-electron chi connectivity index (χ4n) is 2.97. The molecule has 2 aromatic rings. The second-order valence-corrected chi connectivity index (χ2v) is 11.6. The predicted octanol–water partition coefficient (Wildman–Crippen LogP) is 7.00. The zero-order valence-corrected chi connectivity index (χ0v) is 22.0. The third-order valence-electron chi connectivity index (χ3n) is 5.66. The summed E-state index contributed by atoms with van der Waals surface area (Å²) < 4.78 is 108. The number of nitriles is 1. The van der Waals surface area contributed by atoms with Crippen molar-refractivity contribution in [2.24, 2.45) is 5.41 Å². The Hall–Kier alpha value is -2.91. The lowest BCUT2D eigenvalue weighted by molar-refractivity contribution is -0.143. The van der Waals surface area contributed by atoms with Crippen molar-refractivity contribution in [2.75, 3.05) is 11.9 Å². The molecule has 0 aromatic heterocycles. The molecule has 37 heavy (non-hydrogen) atoms. The third kappa shape index (κ3) is 7.11. The largest absolute Gasteiger partial charge is 0.416 e. The number of nitrogens with one attached hydrogen (secondary N) is 1. The summed E-state index contributed by atoms with van der Waals surface area (Å²) in [7, 11) is -3.51. The maximum Gasteiger partial charge on any atom is 0.416 e. The van der Waals surface area contributed by atoms with Gasteiger partial charge in [0.25, 0.3) is 0 Å². The molecule has 5 nitrogen and oxygen atoms in total. The summed E-state index contributed by atoms with van der Waals surface area (Å²) in [5.41, 5.74) is -4.37. The van der Waals surface area contributed by atoms with Gasteiger partial charge in [0.15, 0.2) is 4.91 Å². The molecule has 0 radical (unpaired) electrons. The summed E-state index contributed by atoms with van der Waals surface area (Å²) in [6.45, 7) is 6.95. The van der Waals surface area contributed by atoms with Gasteiger partial charge in [0, 0.05) is 23.8 Å². The van der Waals surface area contributed by atoms with Crippen molar-refractivity contribution in [3.63, 3.8) is 0 Å². The van der Waals surface area contributed by atoms with Crippen molar-refractivity contribution in [1.82, 2.24) is 5.32 Å². The zero-order chi connectivity index (χ0) is 28.6. The molecule has 202 valence electrons. The summed E-state index contributed by atoms with van der Waals surface area (Å²) in [6, 6.07) is 6.63. The van der Waals surface area contributed by atoms with Crippen molar-refractivity contribution in [3.8, 4) is 6.07 Å². The van der Waals surface area contributed by atoms with Crippen LogP contribution in [0.25, 0.3) is 0 Å². The van der Waals surface area contributed by atoms with Gasteiger partial charge in [0.1, 0.15) is 11.9 Å². The maximum atomic E-state index is 13.5. The Morgan fingerprint density at radius 3 is 1.81 bits per heavy atom. The predicted molar refractivity (Wildman–Crippen MR) is 128 cm³/mol. The van der Waals surface area contributed by atoms with Crippen LogP contribution in [-0.2, 0) is 22.2 Å². The second kappa shape index (κ2) is 10.5. The maximum absolute atomic E-state index is 13.5. The standard InChI is InChI=1S/C24H24ClF6N3O2S/c1-14(22(2,3)4)33-21(20(13-32)37(35,36)19-8-6-17(25)7-9-19)34(5)18-11-15(23(26,27)28)10-16(12-18)24(29,30)31/h6-12,14,33H,1-5H3. The van der Waals surface area contributed by atoms with Crippen LogP contribution in [0.3, 0.4) is 0 Å². The lowest BCUT2D eigenvalue weighted by Crippen LogP contribution is -2.43. The van der Waals surface area contributed by atoms with E-state index in [4.69, 9.17) is 11.6 Å². The quantitative estimate of drug-likeness (QED) is 0.300. The monoisotopic (exact) mass is 567 g/mol. The molecule has 0 saturated carbocycles. The van der Waals surface area contributed by atoms with Gasteiger partial charge in [-0.05, 0) is 54.8 Å². The van der Waals surface area contributed by atoms with E-state index in [0.29, 0.717) is 12.1 Å². The van der Waals surface area contributed by atoms with Gasteiger partial charge in [-0.15, -0.1) is 0 Å². The Labute approximate surface area is 216 Å². The summed E-state index contributed by atoms with van der Waals surface area (Å²) >= 11 is 5.81. The molecular formula is C24H24ClF6N3O2S. The van der Waals surface area contributed by atoms with E-state index in [1.54, 1.807) is 33.8 Å². The van der Waals surface area contributed by atoms with E-state index in [2.05, 4.69) is 5.32 Å². The van der Waals surface area contributed by atoms with E-state index in [1.165, 1.54) is 12.1 Å². The summed E-state index contributed by atoms with van der Waals surface area (Å²) in [4.78, 5) is -0.456.